The van der Waals surface area contributed by atoms with E-state index in [2.05, 4.69) is 10.1 Å². The van der Waals surface area contributed by atoms with Crippen molar-refractivity contribution in [2.75, 3.05) is 20.2 Å². The largest absolute Gasteiger partial charge is 0.486 e. The summed E-state index contributed by atoms with van der Waals surface area (Å²) in [5.41, 5.74) is 0.848. The monoisotopic (exact) mass is 432 g/mol. The van der Waals surface area contributed by atoms with Crippen LogP contribution in [-0.4, -0.2) is 51.9 Å². The molecule has 0 fully saturated rings. The number of para-hydroxylation sites is 3. The van der Waals surface area contributed by atoms with E-state index in [9.17, 15) is 4.79 Å². The third-order valence-electron chi connectivity index (χ3n) is 4.93. The molecule has 0 saturated carbocycles. The number of hydrogen-bond acceptors (Lipinski definition) is 6. The van der Waals surface area contributed by atoms with Gasteiger partial charge in [0, 0.05) is 7.05 Å². The third-order valence-corrected chi connectivity index (χ3v) is 5.80. The molecule has 0 saturated heterocycles. The Kier molecular flexibility index (Phi) is 5.13. The molecule has 0 bridgehead atoms. The van der Waals surface area contributed by atoms with Gasteiger partial charge in [-0.2, -0.15) is 0 Å². The van der Waals surface area contributed by atoms with Crippen LogP contribution in [0.25, 0.3) is 16.4 Å². The van der Waals surface area contributed by atoms with E-state index in [0.29, 0.717) is 24.7 Å². The molecule has 8 heteroatoms. The van der Waals surface area contributed by atoms with Gasteiger partial charge in [-0.1, -0.05) is 36.4 Å². The number of ether oxygens (including phenoxy) is 2. The van der Waals surface area contributed by atoms with Crippen molar-refractivity contribution >= 4 is 17.2 Å². The van der Waals surface area contributed by atoms with Crippen LogP contribution in [0, 0.1) is 0 Å². The molecule has 0 radical (unpaired) electrons. The number of benzene rings is 2. The quantitative estimate of drug-likeness (QED) is 0.478. The predicted molar refractivity (Wildman–Crippen MR) is 118 cm³/mol. The molecule has 156 valence electrons. The topological polar surface area (TPSA) is 69.5 Å². The van der Waals surface area contributed by atoms with Crippen molar-refractivity contribution in [1.29, 1.82) is 0 Å². The Morgan fingerprint density at radius 1 is 1.10 bits per heavy atom. The smallest absolute Gasteiger partial charge is 0.293 e. The second-order valence-corrected chi connectivity index (χ2v) is 8.11. The molecule has 0 aliphatic carbocycles. The maximum Gasteiger partial charge on any atom is 0.293 e. The molecule has 1 aliphatic heterocycles. The zero-order valence-electron chi connectivity index (χ0n) is 16.8. The van der Waals surface area contributed by atoms with E-state index in [1.807, 2.05) is 72.1 Å². The van der Waals surface area contributed by atoms with Crippen molar-refractivity contribution in [3.8, 4) is 27.9 Å². The minimum atomic E-state index is -0.269. The standard InChI is InChI=1S/C23H20N4O3S/c1-26(14-17-15-29-18-10-5-6-11-19(18)30-17)23(28)21-24-22(20-12-7-13-31-20)27(25-21)16-8-3-2-4-9-16/h2-13,17H,14-15H2,1H3/t17-/m1/s1. The number of nitrogens with zero attached hydrogens (tertiary/aromatic N) is 4. The number of rotatable bonds is 5. The molecule has 4 aromatic rings. The van der Waals surface area contributed by atoms with Gasteiger partial charge < -0.3 is 14.4 Å². The van der Waals surface area contributed by atoms with E-state index in [1.165, 1.54) is 0 Å². The second-order valence-electron chi connectivity index (χ2n) is 7.17. The number of hydrogen-bond donors (Lipinski definition) is 0. The maximum atomic E-state index is 13.1. The predicted octanol–water partition coefficient (Wildman–Crippen LogP) is 3.91. The summed E-state index contributed by atoms with van der Waals surface area (Å²) in [5.74, 6) is 1.92. The van der Waals surface area contributed by atoms with Crippen molar-refractivity contribution in [1.82, 2.24) is 19.7 Å². The van der Waals surface area contributed by atoms with Crippen LogP contribution in [0.4, 0.5) is 0 Å². The van der Waals surface area contributed by atoms with Crippen molar-refractivity contribution in [2.24, 2.45) is 0 Å². The lowest BCUT2D eigenvalue weighted by Gasteiger charge is -2.29. The first-order valence-corrected chi connectivity index (χ1v) is 10.8. The molecule has 0 spiro atoms. The molecule has 0 N–H and O–H groups in total. The summed E-state index contributed by atoms with van der Waals surface area (Å²) >= 11 is 1.56. The highest BCUT2D eigenvalue weighted by Gasteiger charge is 2.27. The van der Waals surface area contributed by atoms with Crippen molar-refractivity contribution < 1.29 is 14.3 Å². The van der Waals surface area contributed by atoms with Crippen LogP contribution >= 0.6 is 11.3 Å². The highest BCUT2D eigenvalue weighted by atomic mass is 32.1. The van der Waals surface area contributed by atoms with E-state index < -0.39 is 0 Å². The van der Waals surface area contributed by atoms with Gasteiger partial charge in [0.2, 0.25) is 5.82 Å². The first kappa shape index (κ1) is 19.3. The molecule has 7 nitrogen and oxygen atoms in total. The second kappa shape index (κ2) is 8.23. The summed E-state index contributed by atoms with van der Waals surface area (Å²) < 4.78 is 13.4. The number of carbonyl (C=O) groups is 1. The summed E-state index contributed by atoms with van der Waals surface area (Å²) in [6.07, 6.45) is -0.267. The summed E-state index contributed by atoms with van der Waals surface area (Å²) in [5, 5.41) is 6.51. The van der Waals surface area contributed by atoms with Gasteiger partial charge in [-0.25, -0.2) is 9.67 Å². The van der Waals surface area contributed by atoms with E-state index in [1.54, 1.807) is 28.0 Å². The average molecular weight is 433 g/mol. The van der Waals surface area contributed by atoms with Gasteiger partial charge in [0.15, 0.2) is 23.4 Å². The molecular formula is C23H20N4O3S. The highest BCUT2D eigenvalue weighted by molar-refractivity contribution is 7.13. The number of aromatic nitrogens is 3. The van der Waals surface area contributed by atoms with Crippen molar-refractivity contribution in [2.45, 2.75) is 6.10 Å². The highest BCUT2D eigenvalue weighted by Crippen LogP contribution is 2.31. The number of amides is 1. The number of thiophene rings is 1. The molecule has 2 aromatic heterocycles. The van der Waals surface area contributed by atoms with Crippen LogP contribution < -0.4 is 9.47 Å². The Labute approximate surface area is 183 Å². The molecule has 3 heterocycles. The lowest BCUT2D eigenvalue weighted by molar-refractivity contribution is 0.0513. The van der Waals surface area contributed by atoms with Gasteiger partial charge in [0.1, 0.15) is 6.61 Å². The van der Waals surface area contributed by atoms with Crippen LogP contribution in [0.5, 0.6) is 11.5 Å². The van der Waals surface area contributed by atoms with E-state index in [-0.39, 0.29) is 17.8 Å². The SMILES string of the molecule is CN(C[C@@H]1COc2ccccc2O1)C(=O)c1nc(-c2cccs2)n(-c2ccccc2)n1. The van der Waals surface area contributed by atoms with E-state index >= 15 is 0 Å². The lowest BCUT2D eigenvalue weighted by Crippen LogP contribution is -2.42. The van der Waals surface area contributed by atoms with Crippen molar-refractivity contribution in [3.05, 3.63) is 77.9 Å². The minimum Gasteiger partial charge on any atom is -0.486 e. The van der Waals surface area contributed by atoms with Crippen LogP contribution in [0.15, 0.2) is 72.1 Å². The Morgan fingerprint density at radius 3 is 2.65 bits per heavy atom. The number of fused-ring (bicyclic) bond motifs is 1. The molecule has 31 heavy (non-hydrogen) atoms. The molecule has 0 unspecified atom stereocenters. The summed E-state index contributed by atoms with van der Waals surface area (Å²) in [7, 11) is 1.72. The molecule has 2 aromatic carbocycles. The number of likely N-dealkylation sites (N-methyl/N-ethyl adjacent to an activating group) is 1. The average Bonchev–Trinajstić information content (AvgIpc) is 3.49. The number of carbonyl (C=O) groups excluding carboxylic acids is 1. The fourth-order valence-corrected chi connectivity index (χ4v) is 4.13. The van der Waals surface area contributed by atoms with Gasteiger partial charge in [-0.05, 0) is 35.7 Å². The Morgan fingerprint density at radius 2 is 1.87 bits per heavy atom. The summed E-state index contributed by atoms with van der Waals surface area (Å²) in [4.78, 5) is 20.2. The first-order chi connectivity index (χ1) is 15.2. The Balaban J connectivity index is 1.38. The summed E-state index contributed by atoms with van der Waals surface area (Å²) in [6.45, 7) is 0.738. The van der Waals surface area contributed by atoms with Crippen LogP contribution in [0.1, 0.15) is 10.6 Å². The zero-order chi connectivity index (χ0) is 21.2. The fourth-order valence-electron chi connectivity index (χ4n) is 3.43. The first-order valence-electron chi connectivity index (χ1n) is 9.89. The van der Waals surface area contributed by atoms with Gasteiger partial charge in [-0.3, -0.25) is 4.79 Å². The Hall–Kier alpha value is -3.65. The molecule has 1 atom stereocenters. The normalized spacial score (nSPS) is 14.9. The Bertz CT molecular complexity index is 1190. The minimum absolute atomic E-state index is 0.145. The van der Waals surface area contributed by atoms with Gasteiger partial charge >= 0.3 is 0 Å². The summed E-state index contributed by atoms with van der Waals surface area (Å²) in [6, 6.07) is 21.1. The van der Waals surface area contributed by atoms with Crippen LogP contribution in [0.3, 0.4) is 0 Å². The third kappa shape index (κ3) is 3.89. The van der Waals surface area contributed by atoms with Crippen LogP contribution in [-0.2, 0) is 0 Å². The van der Waals surface area contributed by atoms with E-state index in [4.69, 9.17) is 9.47 Å². The van der Waals surface area contributed by atoms with Crippen molar-refractivity contribution in [3.63, 3.8) is 0 Å². The van der Waals surface area contributed by atoms with Gasteiger partial charge in [0.25, 0.3) is 5.91 Å². The molecule has 1 amide bonds. The van der Waals surface area contributed by atoms with Gasteiger partial charge in [0.05, 0.1) is 17.1 Å². The van der Waals surface area contributed by atoms with Gasteiger partial charge in [-0.15, -0.1) is 16.4 Å². The van der Waals surface area contributed by atoms with Crippen LogP contribution in [0.2, 0.25) is 0 Å². The fraction of sp³-hybridized carbons (Fsp3) is 0.174. The molecule has 1 aliphatic rings. The molecule has 5 rings (SSSR count). The lowest BCUT2D eigenvalue weighted by atomic mass is 10.2. The van der Waals surface area contributed by atoms with E-state index in [0.717, 1.165) is 16.3 Å². The maximum absolute atomic E-state index is 13.1. The molecular weight excluding hydrogens is 412 g/mol. The zero-order valence-corrected chi connectivity index (χ0v) is 17.7.